The molecule has 2 aliphatic heterocycles. The van der Waals surface area contributed by atoms with Gasteiger partial charge in [0.25, 0.3) is 0 Å². The van der Waals surface area contributed by atoms with Crippen molar-refractivity contribution >= 4 is 11.5 Å². The van der Waals surface area contributed by atoms with E-state index in [1.54, 1.807) is 12.3 Å². The van der Waals surface area contributed by atoms with Crippen molar-refractivity contribution in [3.8, 4) is 0 Å². The molecule has 0 aromatic carbocycles. The molecule has 0 atom stereocenters. The van der Waals surface area contributed by atoms with E-state index in [1.807, 2.05) is 6.07 Å². The molecule has 3 heterocycles. The zero-order chi connectivity index (χ0) is 14.7. The molecule has 0 saturated carbocycles. The maximum Gasteiger partial charge on any atom is 0.128 e. The Kier molecular flexibility index (Phi) is 4.45. The van der Waals surface area contributed by atoms with Crippen molar-refractivity contribution in [2.45, 2.75) is 18.9 Å². The fourth-order valence-electron chi connectivity index (χ4n) is 3.27. The highest BCUT2D eigenvalue weighted by Crippen LogP contribution is 2.23. The highest BCUT2D eigenvalue weighted by molar-refractivity contribution is 5.45. The molecule has 2 aliphatic rings. The Morgan fingerprint density at radius 3 is 2.38 bits per heavy atom. The molecule has 21 heavy (non-hydrogen) atoms. The topological polar surface area (TPSA) is 52.0 Å². The molecule has 0 spiro atoms. The number of anilines is 1. The second kappa shape index (κ2) is 6.49. The van der Waals surface area contributed by atoms with Crippen LogP contribution in [0.25, 0.3) is 0 Å². The average Bonchev–Trinajstić information content (AvgIpc) is 2.56. The molecule has 0 amide bonds. The van der Waals surface area contributed by atoms with Crippen LogP contribution in [0.5, 0.6) is 0 Å². The van der Waals surface area contributed by atoms with Crippen LogP contribution in [0.1, 0.15) is 12.8 Å². The van der Waals surface area contributed by atoms with Crippen molar-refractivity contribution in [1.29, 1.82) is 0 Å². The third-order valence-electron chi connectivity index (χ3n) is 4.68. The first-order chi connectivity index (χ1) is 10.3. The predicted octanol–water partition coefficient (Wildman–Crippen LogP) is 1.70. The first-order valence-electron chi connectivity index (χ1n) is 7.73. The smallest absolute Gasteiger partial charge is 0.128 e. The number of piperidine rings is 1. The summed E-state index contributed by atoms with van der Waals surface area (Å²) in [7, 11) is 2.20. The van der Waals surface area contributed by atoms with E-state index in [2.05, 4.69) is 31.9 Å². The monoisotopic (exact) mass is 289 g/mol. The summed E-state index contributed by atoms with van der Waals surface area (Å²) in [6, 6.07) is 4.35. The Morgan fingerprint density at radius 2 is 1.81 bits per heavy atom. The SMILES string of the molecule is CN1CCN(C2CCN(c3ccc(N=O)cn3)CC2)CC1. The number of nitroso groups, excluding NO2 is 1. The predicted molar refractivity (Wildman–Crippen MR) is 84.0 cm³/mol. The van der Waals surface area contributed by atoms with Crippen molar-refractivity contribution in [2.24, 2.45) is 5.18 Å². The van der Waals surface area contributed by atoms with Gasteiger partial charge in [0, 0.05) is 45.3 Å². The molecule has 0 N–H and O–H groups in total. The second-order valence-corrected chi connectivity index (χ2v) is 6.02. The zero-order valence-corrected chi connectivity index (χ0v) is 12.6. The van der Waals surface area contributed by atoms with Gasteiger partial charge in [-0.1, -0.05) is 0 Å². The second-order valence-electron chi connectivity index (χ2n) is 6.02. The molecule has 3 rings (SSSR count). The molecule has 6 nitrogen and oxygen atoms in total. The number of rotatable bonds is 3. The van der Waals surface area contributed by atoms with Crippen LogP contribution in [-0.2, 0) is 0 Å². The summed E-state index contributed by atoms with van der Waals surface area (Å²) in [6.45, 7) is 6.83. The lowest BCUT2D eigenvalue weighted by Crippen LogP contribution is -2.52. The Bertz CT molecular complexity index is 461. The number of likely N-dealkylation sites (N-methyl/N-ethyl adjacent to an activating group) is 1. The molecule has 6 heteroatoms. The number of hydrogen-bond donors (Lipinski definition) is 0. The van der Waals surface area contributed by atoms with Crippen LogP contribution >= 0.6 is 0 Å². The Labute approximate surface area is 125 Å². The minimum Gasteiger partial charge on any atom is -0.357 e. The van der Waals surface area contributed by atoms with Crippen LogP contribution in [0.4, 0.5) is 11.5 Å². The molecular formula is C15H23N5O. The van der Waals surface area contributed by atoms with Gasteiger partial charge in [-0.15, -0.1) is 4.91 Å². The molecule has 1 aromatic rings. The van der Waals surface area contributed by atoms with Crippen LogP contribution < -0.4 is 4.90 Å². The molecule has 0 bridgehead atoms. The lowest BCUT2D eigenvalue weighted by Gasteiger charge is -2.42. The largest absolute Gasteiger partial charge is 0.357 e. The highest BCUT2D eigenvalue weighted by Gasteiger charge is 2.26. The number of pyridine rings is 1. The number of nitrogens with zero attached hydrogens (tertiary/aromatic N) is 5. The summed E-state index contributed by atoms with van der Waals surface area (Å²) in [5.41, 5.74) is 0.395. The summed E-state index contributed by atoms with van der Waals surface area (Å²) in [5.74, 6) is 0.958. The average molecular weight is 289 g/mol. The maximum absolute atomic E-state index is 10.4. The van der Waals surface area contributed by atoms with Crippen LogP contribution in [0.2, 0.25) is 0 Å². The van der Waals surface area contributed by atoms with Gasteiger partial charge in [0.1, 0.15) is 11.5 Å². The van der Waals surface area contributed by atoms with E-state index in [4.69, 9.17) is 0 Å². The lowest BCUT2D eigenvalue weighted by molar-refractivity contribution is 0.0981. The molecule has 2 fully saturated rings. The summed E-state index contributed by atoms with van der Waals surface area (Å²) < 4.78 is 0. The minimum absolute atomic E-state index is 0.395. The molecule has 2 saturated heterocycles. The maximum atomic E-state index is 10.4. The number of piperazine rings is 1. The van der Waals surface area contributed by atoms with Gasteiger partial charge >= 0.3 is 0 Å². The fraction of sp³-hybridized carbons (Fsp3) is 0.667. The quantitative estimate of drug-likeness (QED) is 0.793. The number of aromatic nitrogens is 1. The summed E-state index contributed by atoms with van der Waals surface area (Å²) in [6.07, 6.45) is 3.94. The lowest BCUT2D eigenvalue weighted by atomic mass is 10.0. The van der Waals surface area contributed by atoms with Gasteiger partial charge in [-0.2, -0.15) is 0 Å². The Balaban J connectivity index is 1.53. The first kappa shape index (κ1) is 14.4. The van der Waals surface area contributed by atoms with Crippen molar-refractivity contribution < 1.29 is 0 Å². The van der Waals surface area contributed by atoms with E-state index < -0.39 is 0 Å². The van der Waals surface area contributed by atoms with Crippen LogP contribution in [0.15, 0.2) is 23.5 Å². The van der Waals surface area contributed by atoms with Gasteiger partial charge in [0.2, 0.25) is 0 Å². The van der Waals surface area contributed by atoms with E-state index in [9.17, 15) is 4.91 Å². The van der Waals surface area contributed by atoms with Gasteiger partial charge in [0.15, 0.2) is 0 Å². The van der Waals surface area contributed by atoms with Crippen molar-refractivity contribution in [1.82, 2.24) is 14.8 Å². The van der Waals surface area contributed by atoms with Crippen LogP contribution in [0, 0.1) is 4.91 Å². The molecule has 0 unspecified atom stereocenters. The summed E-state index contributed by atoms with van der Waals surface area (Å²) in [5, 5.41) is 2.89. The van der Waals surface area contributed by atoms with E-state index >= 15 is 0 Å². The van der Waals surface area contributed by atoms with Crippen molar-refractivity contribution in [3.05, 3.63) is 23.2 Å². The highest BCUT2D eigenvalue weighted by atomic mass is 16.3. The molecular weight excluding hydrogens is 266 g/mol. The first-order valence-corrected chi connectivity index (χ1v) is 7.73. The molecule has 0 aliphatic carbocycles. The fourth-order valence-corrected chi connectivity index (χ4v) is 3.27. The third-order valence-corrected chi connectivity index (χ3v) is 4.68. The number of hydrogen-bond acceptors (Lipinski definition) is 6. The van der Waals surface area contributed by atoms with Gasteiger partial charge in [0.05, 0.1) is 6.20 Å². The van der Waals surface area contributed by atoms with E-state index in [-0.39, 0.29) is 0 Å². The zero-order valence-electron chi connectivity index (χ0n) is 12.6. The van der Waals surface area contributed by atoms with Gasteiger partial charge in [-0.05, 0) is 37.2 Å². The van der Waals surface area contributed by atoms with E-state index in [0.717, 1.165) is 18.9 Å². The third kappa shape index (κ3) is 3.39. The summed E-state index contributed by atoms with van der Waals surface area (Å²) >= 11 is 0. The van der Waals surface area contributed by atoms with Crippen LogP contribution in [0.3, 0.4) is 0 Å². The van der Waals surface area contributed by atoms with Crippen molar-refractivity contribution in [2.75, 3.05) is 51.2 Å². The van der Waals surface area contributed by atoms with Gasteiger partial charge < -0.3 is 9.80 Å². The molecule has 0 radical (unpaired) electrons. The standard InChI is InChI=1S/C15H23N5O/c1-18-8-10-19(11-9-18)14-4-6-20(7-5-14)15-3-2-13(17-21)12-16-15/h2-3,12,14H,4-11H2,1H3. The molecule has 1 aromatic heterocycles. The van der Waals surface area contributed by atoms with Gasteiger partial charge in [-0.3, -0.25) is 4.90 Å². The van der Waals surface area contributed by atoms with Crippen molar-refractivity contribution in [3.63, 3.8) is 0 Å². The van der Waals surface area contributed by atoms with E-state index in [1.165, 1.54) is 39.0 Å². The normalized spacial score (nSPS) is 22.4. The Hall–Kier alpha value is -1.53. The summed E-state index contributed by atoms with van der Waals surface area (Å²) in [4.78, 5) is 22.1. The van der Waals surface area contributed by atoms with E-state index in [0.29, 0.717) is 11.7 Å². The Morgan fingerprint density at radius 1 is 1.10 bits per heavy atom. The van der Waals surface area contributed by atoms with Gasteiger partial charge in [-0.25, -0.2) is 4.98 Å². The molecule has 114 valence electrons. The van der Waals surface area contributed by atoms with Crippen LogP contribution in [-0.4, -0.2) is 67.1 Å². The minimum atomic E-state index is 0.395.